The van der Waals surface area contributed by atoms with Crippen LogP contribution in [0.5, 0.6) is 5.75 Å². The summed E-state index contributed by atoms with van der Waals surface area (Å²) in [6.45, 7) is 8.75. The fourth-order valence-electron chi connectivity index (χ4n) is 5.66. The van der Waals surface area contributed by atoms with Crippen molar-refractivity contribution in [3.8, 4) is 17.0 Å². The zero-order valence-corrected chi connectivity index (χ0v) is 22.7. The third-order valence-corrected chi connectivity index (χ3v) is 8.10. The summed E-state index contributed by atoms with van der Waals surface area (Å²) in [5.41, 5.74) is 4.67. The number of rotatable bonds is 4. The summed E-state index contributed by atoms with van der Waals surface area (Å²) in [6.07, 6.45) is 1.71. The normalized spacial score (nSPS) is 22.2. The summed E-state index contributed by atoms with van der Waals surface area (Å²) >= 11 is 6.78. The lowest BCUT2D eigenvalue weighted by Crippen LogP contribution is -2.57. The van der Waals surface area contributed by atoms with Crippen LogP contribution in [0.15, 0.2) is 24.8 Å². The molecule has 0 saturated carbocycles. The molecule has 0 radical (unpaired) electrons. The molecule has 1 aromatic heterocycles. The van der Waals surface area contributed by atoms with Crippen LogP contribution < -0.4 is 15.4 Å². The number of carbonyl (C=O) groups is 2. The van der Waals surface area contributed by atoms with E-state index >= 15 is 4.39 Å². The summed E-state index contributed by atoms with van der Waals surface area (Å²) in [5.74, 6) is -2.04. The molecule has 4 heterocycles. The SMILES string of the molecule is C=CC(=O)N1CCN2C(=O)c3c(N4CC(OC)CC4(C)C)nc(-c4c(F)ccc(F)c4N)c(Cl)c3OC[C@H]2C1. The van der Waals surface area contributed by atoms with Gasteiger partial charge < -0.3 is 29.9 Å². The molecule has 2 saturated heterocycles. The number of piperazine rings is 1. The number of hydrogen-bond acceptors (Lipinski definition) is 7. The molecule has 39 heavy (non-hydrogen) atoms. The highest BCUT2D eigenvalue weighted by atomic mass is 35.5. The van der Waals surface area contributed by atoms with Gasteiger partial charge in [-0.25, -0.2) is 13.8 Å². The van der Waals surface area contributed by atoms with Crippen LogP contribution in [0, 0.1) is 11.6 Å². The van der Waals surface area contributed by atoms with Gasteiger partial charge in [0.25, 0.3) is 5.91 Å². The lowest BCUT2D eigenvalue weighted by molar-refractivity contribution is -0.128. The quantitative estimate of drug-likeness (QED) is 0.450. The number of pyridine rings is 1. The molecule has 0 bridgehead atoms. The van der Waals surface area contributed by atoms with E-state index in [0.717, 1.165) is 12.1 Å². The Morgan fingerprint density at radius 1 is 1.26 bits per heavy atom. The number of anilines is 2. The van der Waals surface area contributed by atoms with E-state index in [1.807, 2.05) is 18.7 Å². The zero-order valence-electron chi connectivity index (χ0n) is 22.0. The van der Waals surface area contributed by atoms with E-state index in [4.69, 9.17) is 31.8 Å². The van der Waals surface area contributed by atoms with Crippen LogP contribution in [0.1, 0.15) is 30.6 Å². The molecule has 1 aromatic carbocycles. The molecule has 2 atom stereocenters. The first-order valence-electron chi connectivity index (χ1n) is 12.6. The molecule has 5 rings (SSSR count). The van der Waals surface area contributed by atoms with E-state index < -0.39 is 28.9 Å². The highest BCUT2D eigenvalue weighted by Gasteiger charge is 2.45. The van der Waals surface area contributed by atoms with E-state index in [1.54, 1.807) is 16.9 Å². The molecular weight excluding hydrogens is 532 g/mol. The standard InChI is InChI=1S/C27H30ClF2N5O4/c1-5-18(36)33-8-9-34-14(11-33)13-39-24-20(26(34)37)25(35-12-15(38-4)10-27(35,2)3)32-23(21(24)28)19-16(29)6-7-17(30)22(19)31/h5-7,14-15H,1,8-13,31H2,2-4H3/t14-,15?/m1/s1. The summed E-state index contributed by atoms with van der Waals surface area (Å²) in [6, 6.07) is 1.40. The number of hydrogen-bond donors (Lipinski definition) is 1. The number of aromatic nitrogens is 1. The minimum absolute atomic E-state index is 0.0115. The summed E-state index contributed by atoms with van der Waals surface area (Å²) in [5, 5.41) is -0.155. The molecule has 3 aliphatic heterocycles. The van der Waals surface area contributed by atoms with Gasteiger partial charge in [0, 0.05) is 38.8 Å². The van der Waals surface area contributed by atoms with Crippen molar-refractivity contribution in [1.82, 2.24) is 14.8 Å². The lowest BCUT2D eigenvalue weighted by Gasteiger charge is -2.40. The number of nitrogen functional groups attached to an aromatic ring is 1. The van der Waals surface area contributed by atoms with Crippen molar-refractivity contribution in [2.75, 3.05) is 50.5 Å². The Morgan fingerprint density at radius 2 is 1.97 bits per heavy atom. The Morgan fingerprint density at radius 3 is 2.64 bits per heavy atom. The molecule has 2 amide bonds. The first-order valence-corrected chi connectivity index (χ1v) is 13.0. The number of amides is 2. The second-order valence-electron chi connectivity index (χ2n) is 10.6. The average molecular weight is 562 g/mol. The number of ether oxygens (including phenoxy) is 2. The molecule has 2 fully saturated rings. The Kier molecular flexibility index (Phi) is 6.92. The average Bonchev–Trinajstić information content (AvgIpc) is 3.15. The summed E-state index contributed by atoms with van der Waals surface area (Å²) < 4.78 is 41.4. The number of halogens is 3. The molecule has 3 aliphatic rings. The summed E-state index contributed by atoms with van der Waals surface area (Å²) in [4.78, 5) is 36.3. The van der Waals surface area contributed by atoms with Crippen LogP contribution in [0.2, 0.25) is 5.02 Å². The van der Waals surface area contributed by atoms with Gasteiger partial charge in [0.1, 0.15) is 40.3 Å². The fourth-order valence-corrected chi connectivity index (χ4v) is 5.94. The van der Waals surface area contributed by atoms with Crippen LogP contribution in [0.25, 0.3) is 11.3 Å². The fraction of sp³-hybridized carbons (Fsp3) is 0.444. The maximum absolute atomic E-state index is 15.1. The molecule has 0 spiro atoms. The van der Waals surface area contributed by atoms with Gasteiger partial charge in [0.2, 0.25) is 5.91 Å². The minimum Gasteiger partial charge on any atom is -0.489 e. The highest BCUT2D eigenvalue weighted by molar-refractivity contribution is 6.35. The number of fused-ring (bicyclic) bond motifs is 2. The number of carbonyl (C=O) groups excluding carboxylic acids is 2. The summed E-state index contributed by atoms with van der Waals surface area (Å²) in [7, 11) is 1.61. The molecule has 1 unspecified atom stereocenters. The van der Waals surface area contributed by atoms with Gasteiger partial charge in [-0.1, -0.05) is 18.2 Å². The van der Waals surface area contributed by atoms with Crippen molar-refractivity contribution in [1.29, 1.82) is 0 Å². The third kappa shape index (κ3) is 4.47. The Bertz CT molecular complexity index is 1370. The van der Waals surface area contributed by atoms with Crippen molar-refractivity contribution < 1.29 is 27.8 Å². The van der Waals surface area contributed by atoms with Crippen molar-refractivity contribution in [3.63, 3.8) is 0 Å². The van der Waals surface area contributed by atoms with Crippen molar-refractivity contribution >= 4 is 34.9 Å². The molecule has 2 N–H and O–H groups in total. The van der Waals surface area contributed by atoms with Crippen LogP contribution >= 0.6 is 11.6 Å². The van der Waals surface area contributed by atoms with E-state index in [-0.39, 0.29) is 71.0 Å². The van der Waals surface area contributed by atoms with Crippen LogP contribution in [-0.4, -0.2) is 84.2 Å². The molecule has 208 valence electrons. The minimum atomic E-state index is -0.831. The van der Waals surface area contributed by atoms with E-state index in [0.29, 0.717) is 19.5 Å². The Labute approximate surface area is 230 Å². The first kappa shape index (κ1) is 27.1. The predicted molar refractivity (Wildman–Crippen MR) is 143 cm³/mol. The van der Waals surface area contributed by atoms with E-state index in [2.05, 4.69) is 6.58 Å². The molecule has 12 heteroatoms. The van der Waals surface area contributed by atoms with E-state index in [1.165, 1.54) is 6.08 Å². The van der Waals surface area contributed by atoms with Crippen molar-refractivity contribution in [2.24, 2.45) is 0 Å². The third-order valence-electron chi connectivity index (χ3n) is 7.75. The molecule has 9 nitrogen and oxygen atoms in total. The number of methoxy groups -OCH3 is 1. The largest absolute Gasteiger partial charge is 0.489 e. The van der Waals surface area contributed by atoms with Gasteiger partial charge in [-0.05, 0) is 38.5 Å². The number of nitrogens with zero attached hydrogens (tertiary/aromatic N) is 4. The topological polar surface area (TPSA) is 101 Å². The predicted octanol–water partition coefficient (Wildman–Crippen LogP) is 3.50. The second-order valence-corrected chi connectivity index (χ2v) is 10.9. The van der Waals surface area contributed by atoms with Crippen molar-refractivity contribution in [3.05, 3.63) is 47.0 Å². The van der Waals surface area contributed by atoms with Gasteiger partial charge in [-0.2, -0.15) is 0 Å². The lowest BCUT2D eigenvalue weighted by atomic mass is 9.99. The first-order chi connectivity index (χ1) is 18.5. The monoisotopic (exact) mass is 561 g/mol. The van der Waals surface area contributed by atoms with Gasteiger partial charge in [-0.3, -0.25) is 9.59 Å². The molecule has 0 aliphatic carbocycles. The Balaban J connectivity index is 1.71. The molecule has 2 aromatic rings. The highest BCUT2D eigenvalue weighted by Crippen LogP contribution is 2.48. The van der Waals surface area contributed by atoms with Crippen LogP contribution in [-0.2, 0) is 9.53 Å². The smallest absolute Gasteiger partial charge is 0.261 e. The van der Waals surface area contributed by atoms with Gasteiger partial charge in [-0.15, -0.1) is 0 Å². The van der Waals surface area contributed by atoms with Gasteiger partial charge in [0.15, 0.2) is 5.75 Å². The maximum Gasteiger partial charge on any atom is 0.261 e. The van der Waals surface area contributed by atoms with E-state index in [9.17, 15) is 14.0 Å². The molecular formula is C27H30ClF2N5O4. The zero-order chi connectivity index (χ0) is 28.2. The number of benzene rings is 1. The maximum atomic E-state index is 15.1. The second kappa shape index (κ2) is 9.95. The van der Waals surface area contributed by atoms with Crippen LogP contribution in [0.3, 0.4) is 0 Å². The van der Waals surface area contributed by atoms with Crippen molar-refractivity contribution in [2.45, 2.75) is 38.0 Å². The van der Waals surface area contributed by atoms with Gasteiger partial charge in [0.05, 0.1) is 23.4 Å². The van der Waals surface area contributed by atoms with Gasteiger partial charge >= 0.3 is 0 Å². The van der Waals surface area contributed by atoms with Crippen LogP contribution in [0.4, 0.5) is 20.3 Å². The number of nitrogens with two attached hydrogens (primary N) is 1. The Hall–Kier alpha value is -3.44.